The Morgan fingerprint density at radius 1 is 1.00 bits per heavy atom. The van der Waals surface area contributed by atoms with E-state index >= 15 is 0 Å². The van der Waals surface area contributed by atoms with Gasteiger partial charge in [-0.15, -0.1) is 0 Å². The molecular formula is C16H12FN7O2. The molecule has 0 aliphatic heterocycles. The van der Waals surface area contributed by atoms with Gasteiger partial charge in [0.25, 0.3) is 5.89 Å². The number of halogens is 1. The Morgan fingerprint density at radius 3 is 2.69 bits per heavy atom. The van der Waals surface area contributed by atoms with E-state index in [1.54, 1.807) is 30.3 Å². The number of anilines is 3. The van der Waals surface area contributed by atoms with E-state index in [9.17, 15) is 4.39 Å². The summed E-state index contributed by atoms with van der Waals surface area (Å²) in [7, 11) is 0. The molecule has 10 heteroatoms. The van der Waals surface area contributed by atoms with Crippen LogP contribution in [0.1, 0.15) is 11.6 Å². The molecule has 4 aromatic rings. The lowest BCUT2D eigenvalue weighted by molar-refractivity contribution is 0.410. The summed E-state index contributed by atoms with van der Waals surface area (Å²) in [5.41, 5.74) is 5.94. The Morgan fingerprint density at radius 2 is 1.88 bits per heavy atom. The average molecular weight is 353 g/mol. The van der Waals surface area contributed by atoms with Crippen LogP contribution in [0.25, 0.3) is 11.7 Å². The van der Waals surface area contributed by atoms with Crippen molar-refractivity contribution < 1.29 is 13.3 Å². The van der Waals surface area contributed by atoms with Gasteiger partial charge in [-0.25, -0.2) is 4.39 Å². The largest absolute Gasteiger partial charge is 0.459 e. The number of nitrogens with two attached hydrogens (primary N) is 1. The standard InChI is InChI=1S/C16H12FN7O2/c17-9-4-1-2-5-10(9)19-16-22-12(21-15(18)23-16)8-13-20-14(26-24-13)11-6-3-7-25-11/h1-7H,8H2,(H3,18,19,21,22,23). The van der Waals surface area contributed by atoms with E-state index in [0.717, 1.165) is 0 Å². The van der Waals surface area contributed by atoms with Gasteiger partial charge in [0.15, 0.2) is 11.6 Å². The smallest absolute Gasteiger partial charge is 0.293 e. The fraction of sp³-hybridized carbons (Fsp3) is 0.0625. The zero-order valence-corrected chi connectivity index (χ0v) is 13.3. The lowest BCUT2D eigenvalue weighted by Gasteiger charge is -2.07. The number of rotatable bonds is 5. The van der Waals surface area contributed by atoms with Gasteiger partial charge in [0.1, 0.15) is 11.6 Å². The second-order valence-corrected chi connectivity index (χ2v) is 5.21. The average Bonchev–Trinajstić information content (AvgIpc) is 3.28. The number of aromatic nitrogens is 5. The molecule has 0 aliphatic carbocycles. The van der Waals surface area contributed by atoms with Crippen molar-refractivity contribution >= 4 is 17.6 Å². The molecule has 0 fully saturated rings. The molecule has 9 nitrogen and oxygen atoms in total. The molecule has 0 amide bonds. The van der Waals surface area contributed by atoms with Gasteiger partial charge in [-0.3, -0.25) is 0 Å². The first kappa shape index (κ1) is 15.7. The number of benzene rings is 1. The Kier molecular flexibility index (Phi) is 3.98. The lowest BCUT2D eigenvalue weighted by atomic mass is 10.3. The third-order valence-corrected chi connectivity index (χ3v) is 3.34. The van der Waals surface area contributed by atoms with Gasteiger partial charge in [-0.1, -0.05) is 17.3 Å². The van der Waals surface area contributed by atoms with E-state index in [0.29, 0.717) is 17.4 Å². The van der Waals surface area contributed by atoms with Crippen molar-refractivity contribution in [2.24, 2.45) is 0 Å². The van der Waals surface area contributed by atoms with Gasteiger partial charge in [-0.2, -0.15) is 19.9 Å². The predicted molar refractivity (Wildman–Crippen MR) is 88.7 cm³/mol. The van der Waals surface area contributed by atoms with Gasteiger partial charge in [0, 0.05) is 0 Å². The second-order valence-electron chi connectivity index (χ2n) is 5.21. The summed E-state index contributed by atoms with van der Waals surface area (Å²) in [6.45, 7) is 0. The predicted octanol–water partition coefficient (Wildman–Crippen LogP) is 2.57. The number of nitrogens with one attached hydrogen (secondary N) is 1. The number of hydrogen-bond donors (Lipinski definition) is 2. The summed E-state index contributed by atoms with van der Waals surface area (Å²) < 4.78 is 24.1. The number of nitrogen functional groups attached to an aromatic ring is 1. The zero-order chi connectivity index (χ0) is 17.9. The third kappa shape index (κ3) is 3.34. The van der Waals surface area contributed by atoms with E-state index in [4.69, 9.17) is 14.7 Å². The van der Waals surface area contributed by atoms with E-state index in [1.165, 1.54) is 12.3 Å². The minimum Gasteiger partial charge on any atom is -0.459 e. The second kappa shape index (κ2) is 6.59. The van der Waals surface area contributed by atoms with Crippen LogP contribution in [0, 0.1) is 5.82 Å². The van der Waals surface area contributed by atoms with Gasteiger partial charge in [0.05, 0.1) is 18.4 Å². The van der Waals surface area contributed by atoms with Crippen LogP contribution in [-0.4, -0.2) is 25.1 Å². The number of furan rings is 1. The van der Waals surface area contributed by atoms with Crippen LogP contribution in [0.4, 0.5) is 22.0 Å². The summed E-state index contributed by atoms with van der Waals surface area (Å²) in [6, 6.07) is 9.57. The van der Waals surface area contributed by atoms with E-state index in [2.05, 4.69) is 30.4 Å². The molecular weight excluding hydrogens is 341 g/mol. The third-order valence-electron chi connectivity index (χ3n) is 3.34. The van der Waals surface area contributed by atoms with Crippen molar-refractivity contribution in [1.82, 2.24) is 25.1 Å². The van der Waals surface area contributed by atoms with Crippen molar-refractivity contribution in [2.45, 2.75) is 6.42 Å². The highest BCUT2D eigenvalue weighted by molar-refractivity contribution is 5.54. The van der Waals surface area contributed by atoms with Gasteiger partial charge in [-0.05, 0) is 24.3 Å². The highest BCUT2D eigenvalue weighted by atomic mass is 19.1. The van der Waals surface area contributed by atoms with Crippen molar-refractivity contribution in [1.29, 1.82) is 0 Å². The normalized spacial score (nSPS) is 10.8. The Balaban J connectivity index is 1.56. The molecule has 3 heterocycles. The number of hydrogen-bond acceptors (Lipinski definition) is 9. The molecule has 3 aromatic heterocycles. The molecule has 0 radical (unpaired) electrons. The van der Waals surface area contributed by atoms with E-state index in [1.807, 2.05) is 0 Å². The van der Waals surface area contributed by atoms with E-state index < -0.39 is 5.82 Å². The van der Waals surface area contributed by atoms with Crippen molar-refractivity contribution in [3.8, 4) is 11.7 Å². The van der Waals surface area contributed by atoms with Crippen LogP contribution >= 0.6 is 0 Å². The first-order chi connectivity index (χ1) is 12.7. The Labute approximate surface area is 146 Å². The summed E-state index contributed by atoms with van der Waals surface area (Å²) in [6.07, 6.45) is 1.66. The molecule has 0 saturated carbocycles. The molecule has 0 unspecified atom stereocenters. The first-order valence-corrected chi connectivity index (χ1v) is 7.56. The monoisotopic (exact) mass is 353 g/mol. The van der Waals surface area contributed by atoms with Crippen molar-refractivity contribution in [3.05, 3.63) is 60.1 Å². The molecule has 0 spiro atoms. The van der Waals surface area contributed by atoms with Gasteiger partial charge < -0.3 is 20.0 Å². The van der Waals surface area contributed by atoms with Crippen molar-refractivity contribution in [2.75, 3.05) is 11.1 Å². The molecule has 3 N–H and O–H groups in total. The highest BCUT2D eigenvalue weighted by Crippen LogP contribution is 2.19. The van der Waals surface area contributed by atoms with Crippen LogP contribution in [-0.2, 0) is 6.42 Å². The van der Waals surface area contributed by atoms with Crippen LogP contribution in [0.3, 0.4) is 0 Å². The Bertz CT molecular complexity index is 1030. The SMILES string of the molecule is Nc1nc(Cc2noc(-c3ccco3)n2)nc(Nc2ccccc2F)n1. The lowest BCUT2D eigenvalue weighted by Crippen LogP contribution is -2.08. The fourth-order valence-corrected chi connectivity index (χ4v) is 2.22. The van der Waals surface area contributed by atoms with Crippen LogP contribution in [0.5, 0.6) is 0 Å². The summed E-state index contributed by atoms with van der Waals surface area (Å²) in [5, 5.41) is 6.63. The zero-order valence-electron chi connectivity index (χ0n) is 13.3. The minimum atomic E-state index is -0.436. The molecule has 0 saturated heterocycles. The topological polar surface area (TPSA) is 129 Å². The first-order valence-electron chi connectivity index (χ1n) is 7.56. The molecule has 0 aliphatic rings. The maximum Gasteiger partial charge on any atom is 0.293 e. The summed E-state index contributed by atoms with van der Waals surface area (Å²) >= 11 is 0. The highest BCUT2D eigenvalue weighted by Gasteiger charge is 2.14. The fourth-order valence-electron chi connectivity index (χ4n) is 2.22. The molecule has 0 bridgehead atoms. The molecule has 4 rings (SSSR count). The van der Waals surface area contributed by atoms with Crippen LogP contribution in [0.2, 0.25) is 0 Å². The minimum absolute atomic E-state index is 0.0106. The Hall–Kier alpha value is -3.82. The molecule has 0 atom stereocenters. The van der Waals surface area contributed by atoms with Crippen molar-refractivity contribution in [3.63, 3.8) is 0 Å². The van der Waals surface area contributed by atoms with Gasteiger partial charge in [0.2, 0.25) is 11.9 Å². The van der Waals surface area contributed by atoms with Crippen LogP contribution in [0.15, 0.2) is 51.6 Å². The maximum absolute atomic E-state index is 13.8. The summed E-state index contributed by atoms with van der Waals surface area (Å²) in [5.74, 6) is 1.03. The quantitative estimate of drug-likeness (QED) is 0.556. The molecule has 1 aromatic carbocycles. The summed E-state index contributed by atoms with van der Waals surface area (Å²) in [4.78, 5) is 16.4. The molecule has 26 heavy (non-hydrogen) atoms. The van der Waals surface area contributed by atoms with Gasteiger partial charge >= 0.3 is 0 Å². The molecule has 130 valence electrons. The maximum atomic E-state index is 13.8. The number of para-hydroxylation sites is 1. The number of nitrogens with zero attached hydrogens (tertiary/aromatic N) is 5. The van der Waals surface area contributed by atoms with E-state index in [-0.39, 0.29) is 29.9 Å². The van der Waals surface area contributed by atoms with Crippen LogP contribution < -0.4 is 11.1 Å².